The largest absolute Gasteiger partial charge is 0.342 e. The summed E-state index contributed by atoms with van der Waals surface area (Å²) in [6.45, 7) is 3.62. The van der Waals surface area contributed by atoms with Crippen molar-refractivity contribution >= 4 is 5.91 Å². The van der Waals surface area contributed by atoms with Crippen molar-refractivity contribution in [1.29, 1.82) is 0 Å². The van der Waals surface area contributed by atoms with Crippen LogP contribution in [-0.4, -0.2) is 48.9 Å². The highest BCUT2D eigenvalue weighted by Gasteiger charge is 2.30. The minimum atomic E-state index is -0.231. The van der Waals surface area contributed by atoms with Crippen molar-refractivity contribution < 1.29 is 4.79 Å². The van der Waals surface area contributed by atoms with Gasteiger partial charge in [0.25, 0.3) is 0 Å². The third kappa shape index (κ3) is 3.83. The second-order valence-corrected chi connectivity index (χ2v) is 6.25. The topological polar surface area (TPSA) is 49.6 Å². The average molecular weight is 289 g/mol. The van der Waals surface area contributed by atoms with E-state index >= 15 is 0 Å². The molecule has 0 saturated carbocycles. The van der Waals surface area contributed by atoms with E-state index < -0.39 is 0 Å². The maximum Gasteiger partial charge on any atom is 0.227 e. The summed E-state index contributed by atoms with van der Waals surface area (Å²) in [6.07, 6.45) is 2.10. The zero-order valence-corrected chi connectivity index (χ0v) is 13.3. The summed E-state index contributed by atoms with van der Waals surface area (Å²) in [6, 6.07) is 10.2. The smallest absolute Gasteiger partial charge is 0.227 e. The van der Waals surface area contributed by atoms with Gasteiger partial charge in [-0.3, -0.25) is 4.79 Å². The standard InChI is InChI=1S/C17H27N3O/c1-13(16(18)14-7-5-4-6-8-14)17(21)20-11-9-15(10-12-20)19(2)3/h4-8,13,15-16H,9-12,18H2,1-3H3. The van der Waals surface area contributed by atoms with Gasteiger partial charge in [0, 0.05) is 25.2 Å². The lowest BCUT2D eigenvalue weighted by atomic mass is 9.93. The summed E-state index contributed by atoms with van der Waals surface area (Å²) in [4.78, 5) is 16.9. The molecule has 0 spiro atoms. The predicted molar refractivity (Wildman–Crippen MR) is 85.8 cm³/mol. The second kappa shape index (κ2) is 7.05. The van der Waals surface area contributed by atoms with Crippen LogP contribution in [-0.2, 0) is 4.79 Å². The molecule has 0 aromatic heterocycles. The number of nitrogens with two attached hydrogens (primary N) is 1. The van der Waals surface area contributed by atoms with Crippen LogP contribution in [0.15, 0.2) is 30.3 Å². The van der Waals surface area contributed by atoms with E-state index in [2.05, 4.69) is 19.0 Å². The highest BCUT2D eigenvalue weighted by molar-refractivity contribution is 5.79. The van der Waals surface area contributed by atoms with Crippen molar-refractivity contribution in [1.82, 2.24) is 9.80 Å². The SMILES string of the molecule is CC(C(=O)N1CCC(N(C)C)CC1)C(N)c1ccccc1. The van der Waals surface area contributed by atoms with Gasteiger partial charge in [-0.2, -0.15) is 0 Å². The molecule has 4 nitrogen and oxygen atoms in total. The minimum absolute atomic E-state index is 0.177. The van der Waals surface area contributed by atoms with Crippen LogP contribution in [0.4, 0.5) is 0 Å². The summed E-state index contributed by atoms with van der Waals surface area (Å²) in [7, 11) is 4.21. The maximum atomic E-state index is 12.6. The molecule has 1 heterocycles. The number of hydrogen-bond acceptors (Lipinski definition) is 3. The van der Waals surface area contributed by atoms with E-state index in [9.17, 15) is 4.79 Å². The number of amides is 1. The number of nitrogens with zero attached hydrogens (tertiary/aromatic N) is 2. The van der Waals surface area contributed by atoms with Crippen molar-refractivity contribution in [2.24, 2.45) is 11.7 Å². The van der Waals surface area contributed by atoms with Crippen LogP contribution in [0.5, 0.6) is 0 Å². The number of rotatable bonds is 4. The van der Waals surface area contributed by atoms with Crippen molar-refractivity contribution in [3.63, 3.8) is 0 Å². The molecule has 0 bridgehead atoms. The molecule has 1 aromatic carbocycles. The molecule has 1 aliphatic heterocycles. The molecule has 1 aromatic rings. The Morgan fingerprint density at radius 1 is 1.24 bits per heavy atom. The van der Waals surface area contributed by atoms with Crippen LogP contribution < -0.4 is 5.73 Å². The highest BCUT2D eigenvalue weighted by Crippen LogP contribution is 2.23. The molecule has 0 aliphatic carbocycles. The molecule has 21 heavy (non-hydrogen) atoms. The van der Waals surface area contributed by atoms with E-state index in [0.717, 1.165) is 31.5 Å². The Labute approximate surface area is 127 Å². The lowest BCUT2D eigenvalue weighted by molar-refractivity contribution is -0.137. The van der Waals surface area contributed by atoms with Gasteiger partial charge in [-0.15, -0.1) is 0 Å². The lowest BCUT2D eigenvalue weighted by Crippen LogP contribution is -2.47. The van der Waals surface area contributed by atoms with Gasteiger partial charge >= 0.3 is 0 Å². The fourth-order valence-electron chi connectivity index (χ4n) is 3.01. The Morgan fingerprint density at radius 3 is 2.33 bits per heavy atom. The Hall–Kier alpha value is -1.39. The van der Waals surface area contributed by atoms with Crippen LogP contribution in [0.2, 0.25) is 0 Å². The molecule has 2 atom stereocenters. The Balaban J connectivity index is 1.94. The number of likely N-dealkylation sites (tertiary alicyclic amines) is 1. The average Bonchev–Trinajstić information content (AvgIpc) is 2.53. The highest BCUT2D eigenvalue weighted by atomic mass is 16.2. The van der Waals surface area contributed by atoms with Gasteiger partial charge in [0.15, 0.2) is 0 Å². The summed E-state index contributed by atoms with van der Waals surface area (Å²) >= 11 is 0. The van der Waals surface area contributed by atoms with E-state index in [0.29, 0.717) is 6.04 Å². The van der Waals surface area contributed by atoms with E-state index in [4.69, 9.17) is 5.73 Å². The first-order valence-electron chi connectivity index (χ1n) is 7.76. The molecule has 1 saturated heterocycles. The van der Waals surface area contributed by atoms with E-state index in [1.54, 1.807) is 0 Å². The van der Waals surface area contributed by atoms with Crippen LogP contribution in [0.1, 0.15) is 31.4 Å². The molecule has 2 N–H and O–H groups in total. The fourth-order valence-corrected chi connectivity index (χ4v) is 3.01. The molecule has 4 heteroatoms. The lowest BCUT2D eigenvalue weighted by Gasteiger charge is -2.37. The molecule has 0 radical (unpaired) electrons. The Morgan fingerprint density at radius 2 is 1.81 bits per heavy atom. The summed E-state index contributed by atoms with van der Waals surface area (Å²) < 4.78 is 0. The fraction of sp³-hybridized carbons (Fsp3) is 0.588. The van der Waals surface area contributed by atoms with Crippen LogP contribution in [0, 0.1) is 5.92 Å². The first kappa shape index (κ1) is 16.0. The van der Waals surface area contributed by atoms with Crippen molar-refractivity contribution in [3.8, 4) is 0 Å². The number of carbonyl (C=O) groups is 1. The van der Waals surface area contributed by atoms with Gasteiger partial charge in [0.05, 0.1) is 5.92 Å². The number of benzene rings is 1. The minimum Gasteiger partial charge on any atom is -0.342 e. The zero-order valence-electron chi connectivity index (χ0n) is 13.3. The van der Waals surface area contributed by atoms with Gasteiger partial charge in [-0.25, -0.2) is 0 Å². The predicted octanol–water partition coefficient (Wildman–Crippen LogP) is 1.88. The second-order valence-electron chi connectivity index (χ2n) is 6.25. The maximum absolute atomic E-state index is 12.6. The van der Waals surface area contributed by atoms with Crippen molar-refractivity contribution in [2.45, 2.75) is 31.8 Å². The third-order valence-corrected chi connectivity index (χ3v) is 4.62. The van der Waals surface area contributed by atoms with Crippen LogP contribution in [0.3, 0.4) is 0 Å². The summed E-state index contributed by atoms with van der Waals surface area (Å²) in [5, 5.41) is 0. The molecule has 116 valence electrons. The number of piperidine rings is 1. The van der Waals surface area contributed by atoms with Crippen molar-refractivity contribution in [3.05, 3.63) is 35.9 Å². The zero-order chi connectivity index (χ0) is 15.4. The first-order chi connectivity index (χ1) is 10.0. The number of hydrogen-bond donors (Lipinski definition) is 1. The van der Waals surface area contributed by atoms with Gasteiger partial charge in [-0.05, 0) is 32.5 Å². The third-order valence-electron chi connectivity index (χ3n) is 4.62. The molecule has 1 fully saturated rings. The molecule has 1 aliphatic rings. The van der Waals surface area contributed by atoms with Gasteiger partial charge in [0.1, 0.15) is 0 Å². The molecular weight excluding hydrogens is 262 g/mol. The normalized spacial score (nSPS) is 19.6. The van der Waals surface area contributed by atoms with Gasteiger partial charge in [0.2, 0.25) is 5.91 Å². The number of carbonyl (C=O) groups excluding carboxylic acids is 1. The van der Waals surface area contributed by atoms with Crippen LogP contribution in [0.25, 0.3) is 0 Å². The van der Waals surface area contributed by atoms with Crippen molar-refractivity contribution in [2.75, 3.05) is 27.2 Å². The van der Waals surface area contributed by atoms with Gasteiger partial charge in [-0.1, -0.05) is 37.3 Å². The molecule has 2 unspecified atom stereocenters. The van der Waals surface area contributed by atoms with Crippen LogP contribution >= 0.6 is 0 Å². The molecule has 2 rings (SSSR count). The van der Waals surface area contributed by atoms with Gasteiger partial charge < -0.3 is 15.5 Å². The van der Waals surface area contributed by atoms with E-state index in [-0.39, 0.29) is 17.9 Å². The van der Waals surface area contributed by atoms with E-state index in [1.165, 1.54) is 0 Å². The quantitative estimate of drug-likeness (QED) is 0.920. The molecular formula is C17H27N3O. The summed E-state index contributed by atoms with van der Waals surface area (Å²) in [5.74, 6) is 0.00636. The summed E-state index contributed by atoms with van der Waals surface area (Å²) in [5.41, 5.74) is 7.30. The Kier molecular flexibility index (Phi) is 5.37. The van der Waals surface area contributed by atoms with E-state index in [1.807, 2.05) is 42.2 Å². The first-order valence-corrected chi connectivity index (χ1v) is 7.76. The molecule has 1 amide bonds. The monoisotopic (exact) mass is 289 g/mol. The Bertz CT molecular complexity index is 452.